The number of likely N-dealkylation sites (tertiary alicyclic amines) is 1. The van der Waals surface area contributed by atoms with E-state index in [2.05, 4.69) is 22.0 Å². The molecule has 5 nitrogen and oxygen atoms in total. The number of aliphatic hydroxyl groups is 1. The number of rotatable bonds is 4. The van der Waals surface area contributed by atoms with Crippen LogP contribution in [-0.2, 0) is 6.42 Å². The highest BCUT2D eigenvalue weighted by molar-refractivity contribution is 4.91. The normalized spacial score (nSPS) is 23.8. The van der Waals surface area contributed by atoms with E-state index in [9.17, 15) is 5.11 Å². The first-order valence-electron chi connectivity index (χ1n) is 6.42. The molecule has 1 aliphatic heterocycles. The summed E-state index contributed by atoms with van der Waals surface area (Å²) in [5, 5.41) is 13.2. The highest BCUT2D eigenvalue weighted by atomic mass is 16.5. The predicted octanol–water partition coefficient (Wildman–Crippen LogP) is 1.40. The van der Waals surface area contributed by atoms with E-state index < -0.39 is 6.10 Å². The third-order valence-corrected chi connectivity index (χ3v) is 3.36. The van der Waals surface area contributed by atoms with Crippen LogP contribution in [0, 0.1) is 5.92 Å². The van der Waals surface area contributed by atoms with Crippen molar-refractivity contribution in [1.82, 2.24) is 15.0 Å². The Morgan fingerprint density at radius 1 is 1.59 bits per heavy atom. The number of hydrogen-bond donors (Lipinski definition) is 1. The molecule has 0 saturated carbocycles. The van der Waals surface area contributed by atoms with Gasteiger partial charge in [0.25, 0.3) is 5.89 Å². The number of piperidine rings is 1. The van der Waals surface area contributed by atoms with Gasteiger partial charge in [-0.2, -0.15) is 4.98 Å². The quantitative estimate of drug-likeness (QED) is 0.860. The zero-order chi connectivity index (χ0) is 12.3. The van der Waals surface area contributed by atoms with Crippen LogP contribution in [0.5, 0.6) is 0 Å². The highest BCUT2D eigenvalue weighted by Crippen LogP contribution is 2.20. The van der Waals surface area contributed by atoms with Gasteiger partial charge in [0.2, 0.25) is 0 Å². The summed E-state index contributed by atoms with van der Waals surface area (Å²) >= 11 is 0. The van der Waals surface area contributed by atoms with E-state index in [0.717, 1.165) is 25.3 Å². The lowest BCUT2D eigenvalue weighted by molar-refractivity contribution is 0.151. The molecular weight excluding hydrogens is 218 g/mol. The second-order valence-electron chi connectivity index (χ2n) is 4.83. The Balaban J connectivity index is 1.91. The minimum Gasteiger partial charge on any atom is -0.384 e. The van der Waals surface area contributed by atoms with Gasteiger partial charge < -0.3 is 14.5 Å². The van der Waals surface area contributed by atoms with E-state index in [1.54, 1.807) is 6.92 Å². The van der Waals surface area contributed by atoms with Crippen molar-refractivity contribution in [3.63, 3.8) is 0 Å². The molecule has 2 atom stereocenters. The first kappa shape index (κ1) is 12.5. The summed E-state index contributed by atoms with van der Waals surface area (Å²) in [5.41, 5.74) is 0. The van der Waals surface area contributed by atoms with Crippen LogP contribution in [0.15, 0.2) is 4.52 Å². The van der Waals surface area contributed by atoms with Crippen molar-refractivity contribution in [1.29, 1.82) is 0 Å². The maximum Gasteiger partial charge on any atom is 0.255 e. The highest BCUT2D eigenvalue weighted by Gasteiger charge is 2.21. The molecule has 1 aromatic heterocycles. The van der Waals surface area contributed by atoms with Gasteiger partial charge in [-0.05, 0) is 38.8 Å². The van der Waals surface area contributed by atoms with Crippen LogP contribution in [0.1, 0.15) is 44.5 Å². The summed E-state index contributed by atoms with van der Waals surface area (Å²) < 4.78 is 5.00. The van der Waals surface area contributed by atoms with Crippen molar-refractivity contribution < 1.29 is 9.63 Å². The average Bonchev–Trinajstić information content (AvgIpc) is 2.78. The van der Waals surface area contributed by atoms with Gasteiger partial charge in [-0.3, -0.25) is 0 Å². The molecule has 1 aliphatic rings. The lowest BCUT2D eigenvalue weighted by Gasteiger charge is -2.31. The van der Waals surface area contributed by atoms with E-state index in [-0.39, 0.29) is 0 Å². The number of aliphatic hydroxyl groups excluding tert-OH is 1. The Morgan fingerprint density at radius 2 is 2.41 bits per heavy atom. The Kier molecular flexibility index (Phi) is 4.12. The van der Waals surface area contributed by atoms with Crippen molar-refractivity contribution >= 4 is 0 Å². The van der Waals surface area contributed by atoms with Crippen molar-refractivity contribution in [3.8, 4) is 0 Å². The molecule has 0 amide bonds. The second-order valence-corrected chi connectivity index (χ2v) is 4.83. The van der Waals surface area contributed by atoms with E-state index in [1.807, 2.05) is 0 Å². The van der Waals surface area contributed by atoms with Crippen LogP contribution in [0.25, 0.3) is 0 Å². The van der Waals surface area contributed by atoms with Crippen LogP contribution in [-0.4, -0.2) is 39.8 Å². The summed E-state index contributed by atoms with van der Waals surface area (Å²) in [7, 11) is 0. The Bertz CT molecular complexity index is 351. The third kappa shape index (κ3) is 3.26. The summed E-state index contributed by atoms with van der Waals surface area (Å²) in [6.45, 7) is 7.27. The molecule has 1 aromatic rings. The largest absolute Gasteiger partial charge is 0.384 e. The number of hydrogen-bond acceptors (Lipinski definition) is 5. The first-order valence-corrected chi connectivity index (χ1v) is 6.42. The minimum atomic E-state index is -0.672. The lowest BCUT2D eigenvalue weighted by atomic mass is 9.94. The molecule has 0 spiro atoms. The zero-order valence-corrected chi connectivity index (χ0v) is 10.6. The van der Waals surface area contributed by atoms with Gasteiger partial charge in [0.1, 0.15) is 6.10 Å². The molecule has 0 radical (unpaired) electrons. The van der Waals surface area contributed by atoms with Crippen molar-refractivity contribution in [2.45, 2.75) is 39.2 Å². The second kappa shape index (κ2) is 5.60. The molecule has 1 fully saturated rings. The molecule has 2 heterocycles. The molecule has 0 aromatic carbocycles. The van der Waals surface area contributed by atoms with Gasteiger partial charge in [-0.15, -0.1) is 0 Å². The van der Waals surface area contributed by atoms with Crippen molar-refractivity contribution in [3.05, 3.63) is 11.7 Å². The van der Waals surface area contributed by atoms with E-state index >= 15 is 0 Å². The molecule has 2 rings (SSSR count). The van der Waals surface area contributed by atoms with Crippen LogP contribution < -0.4 is 0 Å². The molecule has 5 heteroatoms. The van der Waals surface area contributed by atoms with Gasteiger partial charge in [0.15, 0.2) is 5.82 Å². The molecule has 1 saturated heterocycles. The number of aromatic nitrogens is 2. The number of nitrogens with zero attached hydrogens (tertiary/aromatic N) is 3. The van der Waals surface area contributed by atoms with Gasteiger partial charge in [-0.1, -0.05) is 12.1 Å². The summed E-state index contributed by atoms with van der Waals surface area (Å²) in [5.74, 6) is 1.66. The predicted molar refractivity (Wildman–Crippen MR) is 63.5 cm³/mol. The Morgan fingerprint density at radius 3 is 3.06 bits per heavy atom. The van der Waals surface area contributed by atoms with Crippen LogP contribution in [0.3, 0.4) is 0 Å². The molecule has 96 valence electrons. The van der Waals surface area contributed by atoms with Crippen LogP contribution in [0.2, 0.25) is 0 Å². The lowest BCUT2D eigenvalue weighted by Crippen LogP contribution is -2.36. The van der Waals surface area contributed by atoms with Crippen LogP contribution in [0.4, 0.5) is 0 Å². The molecule has 0 bridgehead atoms. The monoisotopic (exact) mass is 239 g/mol. The van der Waals surface area contributed by atoms with Crippen LogP contribution >= 0.6 is 0 Å². The van der Waals surface area contributed by atoms with Gasteiger partial charge in [0, 0.05) is 13.0 Å². The van der Waals surface area contributed by atoms with Gasteiger partial charge in [-0.25, -0.2) is 0 Å². The van der Waals surface area contributed by atoms with E-state index in [0.29, 0.717) is 11.8 Å². The maximum absolute atomic E-state index is 9.32. The Labute approximate surface area is 102 Å². The topological polar surface area (TPSA) is 62.4 Å². The molecule has 0 aliphatic carbocycles. The molecule has 2 unspecified atom stereocenters. The van der Waals surface area contributed by atoms with Crippen molar-refractivity contribution in [2.24, 2.45) is 5.92 Å². The fourth-order valence-electron chi connectivity index (χ4n) is 2.38. The van der Waals surface area contributed by atoms with E-state index in [4.69, 9.17) is 4.52 Å². The fraction of sp³-hybridized carbons (Fsp3) is 0.833. The third-order valence-electron chi connectivity index (χ3n) is 3.36. The molecular formula is C12H21N3O2. The first-order chi connectivity index (χ1) is 8.19. The standard InChI is InChI=1S/C12H21N3O2/c1-3-15-6-4-5-10(8-15)7-11-13-12(9(2)16)17-14-11/h9-10,16H,3-8H2,1-2H3. The Hall–Kier alpha value is -0.940. The summed E-state index contributed by atoms with van der Waals surface area (Å²) in [4.78, 5) is 6.67. The van der Waals surface area contributed by atoms with E-state index in [1.165, 1.54) is 19.4 Å². The fourth-order valence-corrected chi connectivity index (χ4v) is 2.38. The van der Waals surface area contributed by atoms with Gasteiger partial charge in [0.05, 0.1) is 0 Å². The molecule has 17 heavy (non-hydrogen) atoms. The smallest absolute Gasteiger partial charge is 0.255 e. The zero-order valence-electron chi connectivity index (χ0n) is 10.6. The van der Waals surface area contributed by atoms with Crippen molar-refractivity contribution in [2.75, 3.05) is 19.6 Å². The maximum atomic E-state index is 9.32. The summed E-state index contributed by atoms with van der Waals surface area (Å²) in [6.07, 6.45) is 2.66. The molecule has 1 N–H and O–H groups in total. The van der Waals surface area contributed by atoms with Gasteiger partial charge >= 0.3 is 0 Å². The average molecular weight is 239 g/mol. The SMILES string of the molecule is CCN1CCCC(Cc2noc(C(C)O)n2)C1. The summed E-state index contributed by atoms with van der Waals surface area (Å²) in [6, 6.07) is 0. The minimum absolute atomic E-state index is 0.322.